The van der Waals surface area contributed by atoms with Crippen LogP contribution in [0.4, 0.5) is 0 Å². The van der Waals surface area contributed by atoms with Crippen molar-refractivity contribution >= 4 is 54.5 Å². The van der Waals surface area contributed by atoms with E-state index in [1.165, 1.54) is 27.3 Å². The average molecular weight is 767 g/mol. The number of fused-ring (bicyclic) bond motifs is 7. The lowest BCUT2D eigenvalue weighted by molar-refractivity contribution is 0.669. The van der Waals surface area contributed by atoms with E-state index < -0.39 is 0 Å². The number of furan rings is 1. The quantitative estimate of drug-likeness (QED) is 0.169. The van der Waals surface area contributed by atoms with Gasteiger partial charge in [0.15, 0.2) is 17.5 Å². The Labute approximate surface area is 345 Å². The lowest BCUT2D eigenvalue weighted by Crippen LogP contribution is -2.00. The summed E-state index contributed by atoms with van der Waals surface area (Å²) < 4.78 is 9.32. The van der Waals surface area contributed by atoms with Crippen LogP contribution in [0.5, 0.6) is 0 Å². The molecule has 0 N–H and O–H groups in total. The Balaban J connectivity index is 1.08. The van der Waals surface area contributed by atoms with Crippen LogP contribution in [-0.2, 0) is 0 Å². The molecule has 0 bridgehead atoms. The van der Waals surface area contributed by atoms with Gasteiger partial charge in [-0.2, -0.15) is 0 Å². The third-order valence-electron chi connectivity index (χ3n) is 11.6. The Hall–Kier alpha value is -8.15. The second-order valence-corrected chi connectivity index (χ2v) is 15.2. The zero-order valence-corrected chi connectivity index (χ0v) is 32.3. The highest BCUT2D eigenvalue weighted by molar-refractivity contribution is 6.16. The first-order valence-corrected chi connectivity index (χ1v) is 20.2. The first kappa shape index (κ1) is 33.9. The number of rotatable bonds is 6. The highest BCUT2D eigenvalue weighted by Crippen LogP contribution is 2.43. The van der Waals surface area contributed by atoms with Gasteiger partial charge in [0, 0.05) is 32.8 Å². The largest absolute Gasteiger partial charge is 0.456 e. The standard InChI is InChI=1S/C55H34N4O/c1-4-14-35(15-5-1)40-27-29-48-46(31-40)44-22-12-13-23-47(44)59(48)49-32-43(36-16-6-2-7-17-36)34-51-52(49)45-28-26-42(33-50(45)60-51)55-57-53(38-19-8-3-9-20-38)56-54(58-55)41-25-24-37-18-10-11-21-39(37)30-41/h1-34H. The minimum absolute atomic E-state index is 0.580. The van der Waals surface area contributed by atoms with Crippen molar-refractivity contribution in [3.05, 3.63) is 206 Å². The molecule has 5 heteroatoms. The van der Waals surface area contributed by atoms with Gasteiger partial charge in [-0.05, 0) is 81.6 Å². The lowest BCUT2D eigenvalue weighted by atomic mass is 10.0. The van der Waals surface area contributed by atoms with Gasteiger partial charge in [-0.3, -0.25) is 0 Å². The highest BCUT2D eigenvalue weighted by Gasteiger charge is 2.21. The number of hydrogen-bond donors (Lipinski definition) is 0. The molecule has 0 fully saturated rings. The predicted molar refractivity (Wildman–Crippen MR) is 246 cm³/mol. The van der Waals surface area contributed by atoms with Crippen LogP contribution in [0.1, 0.15) is 0 Å². The van der Waals surface area contributed by atoms with Crippen LogP contribution in [0.3, 0.4) is 0 Å². The van der Waals surface area contributed by atoms with Crippen molar-refractivity contribution in [2.45, 2.75) is 0 Å². The van der Waals surface area contributed by atoms with Crippen LogP contribution in [0.2, 0.25) is 0 Å². The molecule has 3 heterocycles. The van der Waals surface area contributed by atoms with Gasteiger partial charge in [-0.15, -0.1) is 0 Å². The van der Waals surface area contributed by atoms with Crippen molar-refractivity contribution in [2.24, 2.45) is 0 Å². The summed E-state index contributed by atoms with van der Waals surface area (Å²) in [5.74, 6) is 1.81. The molecule has 60 heavy (non-hydrogen) atoms. The van der Waals surface area contributed by atoms with E-state index in [4.69, 9.17) is 19.4 Å². The Morgan fingerprint density at radius 1 is 0.317 bits per heavy atom. The summed E-state index contributed by atoms with van der Waals surface area (Å²) in [4.78, 5) is 15.2. The first-order valence-electron chi connectivity index (χ1n) is 20.2. The van der Waals surface area contributed by atoms with Crippen LogP contribution < -0.4 is 0 Å². The predicted octanol–water partition coefficient (Wildman–Crippen LogP) is 14.4. The SMILES string of the molecule is c1ccc(-c2cc(-n3c4ccccc4c4cc(-c5ccccc5)ccc43)c3c(c2)oc2cc(-c4nc(-c5ccccc5)nc(-c5ccc6ccccc6c5)n4)ccc23)cc1. The molecule has 0 atom stereocenters. The average Bonchev–Trinajstić information content (AvgIpc) is 3.87. The molecule has 0 saturated heterocycles. The number of benzene rings is 9. The number of hydrogen-bond acceptors (Lipinski definition) is 4. The molecule has 9 aromatic carbocycles. The van der Waals surface area contributed by atoms with Crippen molar-refractivity contribution in [2.75, 3.05) is 0 Å². The summed E-state index contributed by atoms with van der Waals surface area (Å²) in [5, 5.41) is 6.76. The molecular weight excluding hydrogens is 733 g/mol. The minimum Gasteiger partial charge on any atom is -0.456 e. The summed E-state index contributed by atoms with van der Waals surface area (Å²) in [5.41, 5.74) is 12.2. The van der Waals surface area contributed by atoms with E-state index in [-0.39, 0.29) is 0 Å². The minimum atomic E-state index is 0.580. The number of para-hydroxylation sites is 1. The third kappa shape index (κ3) is 5.67. The Morgan fingerprint density at radius 2 is 0.867 bits per heavy atom. The fourth-order valence-electron chi connectivity index (χ4n) is 8.72. The van der Waals surface area contributed by atoms with Crippen LogP contribution in [0.25, 0.3) is 117 Å². The molecule has 0 saturated carbocycles. The van der Waals surface area contributed by atoms with Gasteiger partial charge in [0.1, 0.15) is 11.2 Å². The van der Waals surface area contributed by atoms with Gasteiger partial charge in [0.2, 0.25) is 0 Å². The molecule has 0 aliphatic rings. The number of aromatic nitrogens is 4. The normalized spacial score (nSPS) is 11.7. The van der Waals surface area contributed by atoms with Gasteiger partial charge in [-0.1, -0.05) is 158 Å². The molecule has 5 nitrogen and oxygen atoms in total. The molecule has 0 aliphatic carbocycles. The van der Waals surface area contributed by atoms with E-state index in [1.807, 2.05) is 30.3 Å². The molecule has 0 aliphatic heterocycles. The van der Waals surface area contributed by atoms with Gasteiger partial charge >= 0.3 is 0 Å². The van der Waals surface area contributed by atoms with Gasteiger partial charge in [-0.25, -0.2) is 15.0 Å². The lowest BCUT2D eigenvalue weighted by Gasteiger charge is -2.13. The molecule has 0 radical (unpaired) electrons. The first-order chi connectivity index (χ1) is 29.7. The molecule has 0 amide bonds. The van der Waals surface area contributed by atoms with Gasteiger partial charge in [0.25, 0.3) is 0 Å². The zero-order valence-electron chi connectivity index (χ0n) is 32.3. The van der Waals surface area contributed by atoms with E-state index in [1.54, 1.807) is 0 Å². The molecule has 0 spiro atoms. The summed E-state index contributed by atoms with van der Waals surface area (Å²) in [6.45, 7) is 0. The van der Waals surface area contributed by atoms with E-state index in [9.17, 15) is 0 Å². The Morgan fingerprint density at radius 3 is 1.62 bits per heavy atom. The number of nitrogens with zero attached hydrogens (tertiary/aromatic N) is 4. The maximum absolute atomic E-state index is 6.91. The third-order valence-corrected chi connectivity index (χ3v) is 11.6. The van der Waals surface area contributed by atoms with Crippen molar-refractivity contribution in [3.8, 4) is 62.1 Å². The second-order valence-electron chi connectivity index (χ2n) is 15.2. The van der Waals surface area contributed by atoms with Crippen LogP contribution in [0.15, 0.2) is 211 Å². The summed E-state index contributed by atoms with van der Waals surface area (Å²) in [6, 6.07) is 72.3. The van der Waals surface area contributed by atoms with Crippen LogP contribution >= 0.6 is 0 Å². The summed E-state index contributed by atoms with van der Waals surface area (Å²) in [7, 11) is 0. The maximum atomic E-state index is 6.91. The monoisotopic (exact) mass is 766 g/mol. The highest BCUT2D eigenvalue weighted by atomic mass is 16.3. The van der Waals surface area contributed by atoms with Crippen LogP contribution in [0, 0.1) is 0 Å². The van der Waals surface area contributed by atoms with E-state index in [2.05, 4.69) is 180 Å². The molecule has 280 valence electrons. The van der Waals surface area contributed by atoms with E-state index in [0.717, 1.165) is 71.9 Å². The Kier molecular flexibility index (Phi) is 7.78. The van der Waals surface area contributed by atoms with Crippen molar-refractivity contribution in [1.82, 2.24) is 19.5 Å². The van der Waals surface area contributed by atoms with Gasteiger partial charge in [0.05, 0.1) is 22.1 Å². The fraction of sp³-hybridized carbons (Fsp3) is 0. The van der Waals surface area contributed by atoms with Gasteiger partial charge < -0.3 is 8.98 Å². The Bertz CT molecular complexity index is 3590. The van der Waals surface area contributed by atoms with E-state index in [0.29, 0.717) is 17.5 Å². The summed E-state index contributed by atoms with van der Waals surface area (Å²) in [6.07, 6.45) is 0. The van der Waals surface area contributed by atoms with E-state index >= 15 is 0 Å². The molecular formula is C55H34N4O. The van der Waals surface area contributed by atoms with Crippen molar-refractivity contribution in [3.63, 3.8) is 0 Å². The van der Waals surface area contributed by atoms with Crippen molar-refractivity contribution < 1.29 is 4.42 Å². The maximum Gasteiger partial charge on any atom is 0.164 e. The van der Waals surface area contributed by atoms with Crippen LogP contribution in [-0.4, -0.2) is 19.5 Å². The molecule has 12 rings (SSSR count). The molecule has 12 aromatic rings. The van der Waals surface area contributed by atoms with Crippen molar-refractivity contribution in [1.29, 1.82) is 0 Å². The topological polar surface area (TPSA) is 56.7 Å². The molecule has 3 aromatic heterocycles. The fourth-order valence-corrected chi connectivity index (χ4v) is 8.72. The smallest absolute Gasteiger partial charge is 0.164 e. The zero-order chi connectivity index (χ0) is 39.6. The summed E-state index contributed by atoms with van der Waals surface area (Å²) >= 11 is 0. The second kappa shape index (κ2) is 13.8. The molecule has 0 unspecified atom stereocenters.